The molecule has 0 fully saturated rings. The van der Waals surface area contributed by atoms with Gasteiger partial charge in [0.2, 0.25) is 15.9 Å². The molecule has 0 bridgehead atoms. The summed E-state index contributed by atoms with van der Waals surface area (Å²) in [4.78, 5) is 23.1. The van der Waals surface area contributed by atoms with Gasteiger partial charge in [-0.15, -0.1) is 0 Å². The molecule has 1 unspecified atom stereocenters. The van der Waals surface area contributed by atoms with Gasteiger partial charge in [0.15, 0.2) is 17.5 Å². The summed E-state index contributed by atoms with van der Waals surface area (Å²) in [5, 5.41) is 7.51. The Bertz CT molecular complexity index is 1080. The van der Waals surface area contributed by atoms with E-state index in [4.69, 9.17) is 0 Å². The van der Waals surface area contributed by atoms with Crippen molar-refractivity contribution in [2.75, 3.05) is 17.2 Å². The first-order valence-electron chi connectivity index (χ1n) is 8.20. The van der Waals surface area contributed by atoms with Crippen LogP contribution in [-0.4, -0.2) is 32.9 Å². The molecule has 0 saturated carbocycles. The summed E-state index contributed by atoms with van der Waals surface area (Å²) in [6, 6.07) is 4.91. The van der Waals surface area contributed by atoms with Crippen molar-refractivity contribution in [1.29, 1.82) is 0 Å². The first-order chi connectivity index (χ1) is 13.6. The summed E-state index contributed by atoms with van der Waals surface area (Å²) in [5.41, 5.74) is -0.241. The van der Waals surface area contributed by atoms with Gasteiger partial charge in [-0.1, -0.05) is 0 Å². The molecule has 4 N–H and O–H groups in total. The second kappa shape index (κ2) is 7.72. The molecule has 1 aliphatic heterocycles. The zero-order valence-corrected chi connectivity index (χ0v) is 15.7. The Hall–Kier alpha value is -3.12. The topological polar surface area (TPSA) is 116 Å². The number of hydrogen-bond donors (Lipinski definition) is 4. The predicted octanol–water partition coefficient (Wildman–Crippen LogP) is 1.52. The fourth-order valence-corrected chi connectivity index (χ4v) is 3.98. The Labute approximate surface area is 163 Å². The number of fused-ring (bicyclic) bond motifs is 1. The predicted molar refractivity (Wildman–Crippen MR) is 97.1 cm³/mol. The van der Waals surface area contributed by atoms with E-state index >= 15 is 0 Å². The molecule has 0 spiro atoms. The van der Waals surface area contributed by atoms with Gasteiger partial charge < -0.3 is 16.0 Å². The number of nitrogens with one attached hydrogen (secondary N) is 4. The molecular formula is C17H15F3N4O4S. The van der Waals surface area contributed by atoms with Crippen LogP contribution in [0.1, 0.15) is 17.3 Å². The second-order valence-corrected chi connectivity index (χ2v) is 7.86. The molecule has 1 heterocycles. The van der Waals surface area contributed by atoms with E-state index in [0.29, 0.717) is 12.1 Å². The number of rotatable bonds is 4. The van der Waals surface area contributed by atoms with Crippen LogP contribution in [0.5, 0.6) is 0 Å². The van der Waals surface area contributed by atoms with Crippen molar-refractivity contribution in [3.05, 3.63) is 53.3 Å². The van der Waals surface area contributed by atoms with Gasteiger partial charge in [0.05, 0.1) is 12.2 Å². The molecular weight excluding hydrogens is 413 g/mol. The molecule has 0 saturated heterocycles. The summed E-state index contributed by atoms with van der Waals surface area (Å²) in [7, 11) is -4.00. The van der Waals surface area contributed by atoms with Crippen LogP contribution in [0.25, 0.3) is 0 Å². The van der Waals surface area contributed by atoms with Gasteiger partial charge in [-0.05, 0) is 18.2 Å². The van der Waals surface area contributed by atoms with Crippen molar-refractivity contribution in [2.45, 2.75) is 18.0 Å². The minimum Gasteiger partial charge on any atom is -0.366 e. The quantitative estimate of drug-likeness (QED) is 0.551. The van der Waals surface area contributed by atoms with Crippen LogP contribution in [0, 0.1) is 17.5 Å². The summed E-state index contributed by atoms with van der Waals surface area (Å²) in [5.74, 6) is -5.82. The zero-order valence-electron chi connectivity index (χ0n) is 14.8. The standard InChI is InChI=1S/C17H15F3N4O4S/c1-8(25)21-7-15-23-13-3-2-9(4-14(13)29(27,28)24-15)17(26)22-10-5-11(18)16(20)12(19)6-10/h2-6,15,23-24H,7H2,1H3,(H,21,25)(H,22,26). The average Bonchev–Trinajstić information content (AvgIpc) is 2.63. The summed E-state index contributed by atoms with van der Waals surface area (Å²) >= 11 is 0. The van der Waals surface area contributed by atoms with E-state index < -0.39 is 39.5 Å². The highest BCUT2D eigenvalue weighted by Gasteiger charge is 2.30. The Kier molecular flexibility index (Phi) is 5.48. The lowest BCUT2D eigenvalue weighted by molar-refractivity contribution is -0.119. The molecule has 0 radical (unpaired) electrons. The summed E-state index contributed by atoms with van der Waals surface area (Å²) in [6.45, 7) is 1.28. The Balaban J connectivity index is 1.83. The van der Waals surface area contributed by atoms with Crippen LogP contribution >= 0.6 is 0 Å². The molecule has 154 valence electrons. The van der Waals surface area contributed by atoms with Crippen molar-refractivity contribution in [3.8, 4) is 0 Å². The largest absolute Gasteiger partial charge is 0.366 e. The second-order valence-electron chi connectivity index (χ2n) is 6.17. The highest BCUT2D eigenvalue weighted by Crippen LogP contribution is 2.27. The van der Waals surface area contributed by atoms with Crippen molar-refractivity contribution in [1.82, 2.24) is 10.0 Å². The molecule has 3 rings (SSSR count). The van der Waals surface area contributed by atoms with E-state index in [9.17, 15) is 31.2 Å². The van der Waals surface area contributed by atoms with Crippen LogP contribution in [0.4, 0.5) is 24.5 Å². The van der Waals surface area contributed by atoms with E-state index in [1.807, 2.05) is 0 Å². The van der Waals surface area contributed by atoms with Gasteiger partial charge in [0.25, 0.3) is 5.91 Å². The number of sulfonamides is 1. The maximum absolute atomic E-state index is 13.3. The van der Waals surface area contributed by atoms with Crippen LogP contribution in [0.3, 0.4) is 0 Å². The van der Waals surface area contributed by atoms with Gasteiger partial charge >= 0.3 is 0 Å². The molecule has 1 atom stereocenters. The third-order valence-corrected chi connectivity index (χ3v) is 5.47. The Morgan fingerprint density at radius 3 is 2.38 bits per heavy atom. The number of carbonyl (C=O) groups excluding carboxylic acids is 2. The molecule has 0 aromatic heterocycles. The number of anilines is 2. The van der Waals surface area contributed by atoms with E-state index in [-0.39, 0.29) is 34.3 Å². The molecule has 2 amide bonds. The minimum atomic E-state index is -4.00. The van der Waals surface area contributed by atoms with Crippen LogP contribution in [0.15, 0.2) is 35.2 Å². The van der Waals surface area contributed by atoms with Gasteiger partial charge in [0, 0.05) is 30.3 Å². The molecule has 0 aliphatic carbocycles. The van der Waals surface area contributed by atoms with Gasteiger partial charge in [-0.3, -0.25) is 9.59 Å². The summed E-state index contributed by atoms with van der Waals surface area (Å²) in [6.07, 6.45) is -0.791. The highest BCUT2D eigenvalue weighted by molar-refractivity contribution is 7.89. The normalized spacial score (nSPS) is 17.0. The monoisotopic (exact) mass is 428 g/mol. The van der Waals surface area contributed by atoms with Crippen molar-refractivity contribution >= 4 is 33.2 Å². The minimum absolute atomic E-state index is 0.00205. The number of halogens is 3. The third kappa shape index (κ3) is 4.49. The maximum Gasteiger partial charge on any atom is 0.255 e. The van der Waals surface area contributed by atoms with Crippen LogP contribution < -0.4 is 20.7 Å². The smallest absolute Gasteiger partial charge is 0.255 e. The Morgan fingerprint density at radius 2 is 1.76 bits per heavy atom. The van der Waals surface area contributed by atoms with Gasteiger partial charge in [-0.2, -0.15) is 4.72 Å². The first kappa shape index (κ1) is 20.6. The lowest BCUT2D eigenvalue weighted by Gasteiger charge is -2.28. The van der Waals surface area contributed by atoms with Gasteiger partial charge in [0.1, 0.15) is 11.1 Å². The maximum atomic E-state index is 13.3. The Morgan fingerprint density at radius 1 is 1.10 bits per heavy atom. The van der Waals surface area contributed by atoms with E-state index in [0.717, 1.165) is 6.07 Å². The molecule has 2 aromatic rings. The van der Waals surface area contributed by atoms with Crippen LogP contribution in [0.2, 0.25) is 0 Å². The molecule has 29 heavy (non-hydrogen) atoms. The van der Waals surface area contributed by atoms with Crippen molar-refractivity contribution in [3.63, 3.8) is 0 Å². The third-order valence-electron chi connectivity index (χ3n) is 3.96. The van der Waals surface area contributed by atoms with Gasteiger partial charge in [-0.25, -0.2) is 21.6 Å². The van der Waals surface area contributed by atoms with Crippen molar-refractivity contribution in [2.24, 2.45) is 0 Å². The number of hydrogen-bond acceptors (Lipinski definition) is 5. The average molecular weight is 428 g/mol. The van der Waals surface area contributed by atoms with Crippen LogP contribution in [-0.2, 0) is 14.8 Å². The van der Waals surface area contributed by atoms with E-state index in [2.05, 4.69) is 20.7 Å². The highest BCUT2D eigenvalue weighted by atomic mass is 32.2. The summed E-state index contributed by atoms with van der Waals surface area (Å²) < 4.78 is 66.8. The fraction of sp³-hybridized carbons (Fsp3) is 0.176. The lowest BCUT2D eigenvalue weighted by atomic mass is 10.1. The number of amides is 2. The van der Waals surface area contributed by atoms with E-state index in [1.165, 1.54) is 19.1 Å². The lowest BCUT2D eigenvalue weighted by Crippen LogP contribution is -2.50. The number of carbonyl (C=O) groups is 2. The SMILES string of the molecule is CC(=O)NCC1Nc2ccc(C(=O)Nc3cc(F)c(F)c(F)c3)cc2S(=O)(=O)N1. The first-order valence-corrected chi connectivity index (χ1v) is 9.68. The molecule has 8 nitrogen and oxygen atoms in total. The molecule has 2 aromatic carbocycles. The molecule has 1 aliphatic rings. The zero-order chi connectivity index (χ0) is 21.3. The number of benzene rings is 2. The van der Waals surface area contributed by atoms with Crippen molar-refractivity contribution < 1.29 is 31.2 Å². The molecule has 12 heteroatoms. The van der Waals surface area contributed by atoms with E-state index in [1.54, 1.807) is 0 Å². The fourth-order valence-electron chi connectivity index (χ4n) is 2.64.